The number of nitrogens with two attached hydrogens (primary N) is 1. The first-order valence-electron chi connectivity index (χ1n) is 9.01. The van der Waals surface area contributed by atoms with Crippen LogP contribution in [0.15, 0.2) is 24.3 Å². The van der Waals surface area contributed by atoms with Gasteiger partial charge in [0.05, 0.1) is 5.56 Å². The van der Waals surface area contributed by atoms with Crippen LogP contribution in [0.3, 0.4) is 0 Å². The smallest absolute Gasteiger partial charge is 0.355 e. The first kappa shape index (κ1) is 21.0. The van der Waals surface area contributed by atoms with E-state index in [1.54, 1.807) is 6.07 Å². The Hall–Kier alpha value is -1.27. The Morgan fingerprint density at radius 2 is 1.96 bits per heavy atom. The van der Waals surface area contributed by atoms with Crippen LogP contribution in [0.4, 0.5) is 13.2 Å². The third kappa shape index (κ3) is 4.52. The van der Waals surface area contributed by atoms with Gasteiger partial charge in [-0.05, 0) is 43.7 Å². The average Bonchev–Trinajstić information content (AvgIpc) is 2.53. The Labute approximate surface area is 158 Å². The molecule has 0 aliphatic heterocycles. The van der Waals surface area contributed by atoms with Gasteiger partial charge in [-0.2, -0.15) is 13.2 Å². The maximum atomic E-state index is 13.0. The maximum absolute atomic E-state index is 13.0. The van der Waals surface area contributed by atoms with Gasteiger partial charge in [0.2, 0.25) is 5.91 Å². The lowest BCUT2D eigenvalue weighted by molar-refractivity contribution is -0.137. The van der Waals surface area contributed by atoms with Crippen molar-refractivity contribution in [2.24, 2.45) is 11.7 Å². The van der Waals surface area contributed by atoms with E-state index in [2.05, 4.69) is 5.32 Å². The quantitative estimate of drug-likeness (QED) is 0.810. The van der Waals surface area contributed by atoms with Crippen molar-refractivity contribution < 1.29 is 18.0 Å². The molecule has 2 unspecified atom stereocenters. The van der Waals surface area contributed by atoms with Crippen molar-refractivity contribution in [3.63, 3.8) is 0 Å². The summed E-state index contributed by atoms with van der Waals surface area (Å²) in [5, 5.41) is 3.00. The van der Waals surface area contributed by atoms with Crippen LogP contribution in [0, 0.1) is 5.92 Å². The molecule has 3 N–H and O–H groups in total. The molecule has 1 amide bonds. The van der Waals surface area contributed by atoms with E-state index in [-0.39, 0.29) is 35.7 Å². The van der Waals surface area contributed by atoms with Gasteiger partial charge in [0.15, 0.2) is 0 Å². The molecule has 2 aliphatic carbocycles. The highest BCUT2D eigenvalue weighted by atomic mass is 35.5. The number of hydrogen-bond donors (Lipinski definition) is 2. The fourth-order valence-electron chi connectivity index (χ4n) is 4.06. The molecular formula is C19H26ClF3N2O. The first-order chi connectivity index (χ1) is 11.8. The number of nitrogens with one attached hydrogen (secondary N) is 1. The molecule has 0 aromatic heterocycles. The summed E-state index contributed by atoms with van der Waals surface area (Å²) < 4.78 is 39.0. The average molecular weight is 391 g/mol. The minimum atomic E-state index is -4.34. The van der Waals surface area contributed by atoms with Gasteiger partial charge in [0.1, 0.15) is 0 Å². The summed E-state index contributed by atoms with van der Waals surface area (Å²) in [7, 11) is 0. The minimum Gasteiger partial charge on any atom is -0.355 e. The van der Waals surface area contributed by atoms with Crippen LogP contribution in [-0.2, 0) is 16.4 Å². The van der Waals surface area contributed by atoms with E-state index in [0.29, 0.717) is 18.5 Å². The number of halogens is 4. The Kier molecular flexibility index (Phi) is 6.61. The van der Waals surface area contributed by atoms with Crippen LogP contribution in [0.5, 0.6) is 0 Å². The molecule has 2 aliphatic rings. The van der Waals surface area contributed by atoms with Crippen molar-refractivity contribution in [3.8, 4) is 0 Å². The zero-order valence-electron chi connectivity index (χ0n) is 14.6. The molecule has 1 aromatic carbocycles. The number of hydrogen-bond acceptors (Lipinski definition) is 2. The molecule has 0 spiro atoms. The lowest BCUT2D eigenvalue weighted by atomic mass is 9.64. The topological polar surface area (TPSA) is 55.1 Å². The monoisotopic (exact) mass is 390 g/mol. The van der Waals surface area contributed by atoms with Crippen LogP contribution >= 0.6 is 12.4 Å². The second kappa shape index (κ2) is 8.17. The second-order valence-electron chi connectivity index (χ2n) is 7.55. The molecule has 3 rings (SSSR count). The van der Waals surface area contributed by atoms with Gasteiger partial charge < -0.3 is 11.1 Å². The predicted molar refractivity (Wildman–Crippen MR) is 97.2 cm³/mol. The number of carbonyl (C=O) groups is 1. The predicted octanol–water partition coefficient (Wildman–Crippen LogP) is 4.18. The molecule has 1 aromatic rings. The van der Waals surface area contributed by atoms with Crippen molar-refractivity contribution in [2.75, 3.05) is 6.54 Å². The SMILES string of the molecule is Cl.NC1CCCC(C(=O)NCC2(c3cccc(C(F)(F)F)c3)CCC2)C1. The standard InChI is InChI=1S/C19H25F3N2O.ClH/c20-19(21,22)15-6-2-5-14(11-15)18(8-3-9-18)12-24-17(25)13-4-1-7-16(23)10-13;/h2,5-6,11,13,16H,1,3-4,7-10,12,23H2,(H,24,25);1H. The van der Waals surface area contributed by atoms with E-state index in [9.17, 15) is 18.0 Å². The normalized spacial score (nSPS) is 24.9. The van der Waals surface area contributed by atoms with E-state index in [0.717, 1.165) is 44.6 Å². The Balaban J connectivity index is 0.00000243. The van der Waals surface area contributed by atoms with Gasteiger partial charge in [-0.25, -0.2) is 0 Å². The van der Waals surface area contributed by atoms with Crippen LogP contribution in [0.1, 0.15) is 56.1 Å². The number of alkyl halides is 3. The molecule has 146 valence electrons. The highest BCUT2D eigenvalue weighted by Gasteiger charge is 2.41. The van der Waals surface area contributed by atoms with E-state index >= 15 is 0 Å². The van der Waals surface area contributed by atoms with Crippen LogP contribution in [0.25, 0.3) is 0 Å². The summed E-state index contributed by atoms with van der Waals surface area (Å²) in [6.07, 6.45) is 1.69. The van der Waals surface area contributed by atoms with Gasteiger partial charge in [0, 0.05) is 23.9 Å². The molecule has 2 fully saturated rings. The van der Waals surface area contributed by atoms with Crippen molar-refractivity contribution in [1.82, 2.24) is 5.32 Å². The van der Waals surface area contributed by atoms with Crippen LogP contribution < -0.4 is 11.1 Å². The number of carbonyl (C=O) groups excluding carboxylic acids is 1. The molecule has 0 heterocycles. The third-order valence-corrected chi connectivity index (χ3v) is 5.80. The van der Waals surface area contributed by atoms with Gasteiger partial charge >= 0.3 is 6.18 Å². The zero-order chi connectivity index (χ0) is 18.1. The highest BCUT2D eigenvalue weighted by molar-refractivity contribution is 5.85. The van der Waals surface area contributed by atoms with E-state index in [4.69, 9.17) is 5.73 Å². The number of rotatable bonds is 4. The molecule has 2 saturated carbocycles. The molecule has 0 radical (unpaired) electrons. The molecule has 26 heavy (non-hydrogen) atoms. The largest absolute Gasteiger partial charge is 0.416 e. The molecule has 7 heteroatoms. The summed E-state index contributed by atoms with van der Waals surface area (Å²) >= 11 is 0. The number of benzene rings is 1. The van der Waals surface area contributed by atoms with Gasteiger partial charge in [-0.15, -0.1) is 12.4 Å². The minimum absolute atomic E-state index is 0. The Bertz CT molecular complexity index is 631. The van der Waals surface area contributed by atoms with E-state index in [1.807, 2.05) is 0 Å². The fourth-order valence-corrected chi connectivity index (χ4v) is 4.06. The second-order valence-corrected chi connectivity index (χ2v) is 7.55. The maximum Gasteiger partial charge on any atom is 0.416 e. The summed E-state index contributed by atoms with van der Waals surface area (Å²) in [6.45, 7) is 0.402. The highest BCUT2D eigenvalue weighted by Crippen LogP contribution is 2.44. The summed E-state index contributed by atoms with van der Waals surface area (Å²) in [4.78, 5) is 12.4. The van der Waals surface area contributed by atoms with E-state index < -0.39 is 11.7 Å². The van der Waals surface area contributed by atoms with Crippen LogP contribution in [0.2, 0.25) is 0 Å². The van der Waals surface area contributed by atoms with Crippen LogP contribution in [-0.4, -0.2) is 18.5 Å². The lowest BCUT2D eigenvalue weighted by Gasteiger charge is -2.43. The van der Waals surface area contributed by atoms with E-state index in [1.165, 1.54) is 12.1 Å². The molecule has 3 nitrogen and oxygen atoms in total. The van der Waals surface area contributed by atoms with Crippen molar-refractivity contribution in [2.45, 2.75) is 62.6 Å². The molecule has 0 bridgehead atoms. The molecule has 0 saturated heterocycles. The van der Waals surface area contributed by atoms with Gasteiger partial charge in [-0.1, -0.05) is 31.0 Å². The van der Waals surface area contributed by atoms with Crippen molar-refractivity contribution >= 4 is 18.3 Å². The molecular weight excluding hydrogens is 365 g/mol. The zero-order valence-corrected chi connectivity index (χ0v) is 15.5. The van der Waals surface area contributed by atoms with Crippen molar-refractivity contribution in [1.29, 1.82) is 0 Å². The summed E-state index contributed by atoms with van der Waals surface area (Å²) in [5.74, 6) is -0.0733. The Morgan fingerprint density at radius 1 is 1.23 bits per heavy atom. The summed E-state index contributed by atoms with van der Waals surface area (Å²) in [6, 6.07) is 5.61. The Morgan fingerprint density at radius 3 is 2.54 bits per heavy atom. The molecule has 2 atom stereocenters. The van der Waals surface area contributed by atoms with Crippen molar-refractivity contribution in [3.05, 3.63) is 35.4 Å². The fraction of sp³-hybridized carbons (Fsp3) is 0.632. The number of amides is 1. The first-order valence-corrected chi connectivity index (χ1v) is 9.01. The van der Waals surface area contributed by atoms with Gasteiger partial charge in [-0.3, -0.25) is 4.79 Å². The summed E-state index contributed by atoms with van der Waals surface area (Å²) in [5.41, 5.74) is 5.63. The lowest BCUT2D eigenvalue weighted by Crippen LogP contribution is -2.48. The third-order valence-electron chi connectivity index (χ3n) is 5.80. The van der Waals surface area contributed by atoms with Gasteiger partial charge in [0.25, 0.3) is 0 Å².